The fourth-order valence-corrected chi connectivity index (χ4v) is 4.40. The second-order valence-corrected chi connectivity index (χ2v) is 8.30. The Hall–Kier alpha value is -1.80. The van der Waals surface area contributed by atoms with Crippen LogP contribution >= 0.6 is 0 Å². The van der Waals surface area contributed by atoms with Crippen LogP contribution in [0.15, 0.2) is 60.7 Å². The summed E-state index contributed by atoms with van der Waals surface area (Å²) in [6.07, 6.45) is 1.10. The predicted molar refractivity (Wildman–Crippen MR) is 113 cm³/mol. The average Bonchev–Trinajstić information content (AvgIpc) is 3.27. The van der Waals surface area contributed by atoms with Crippen LogP contribution < -0.4 is 0 Å². The third kappa shape index (κ3) is 5.17. The normalized spacial score (nSPS) is 32.8. The minimum atomic E-state index is -0.465. The van der Waals surface area contributed by atoms with Crippen LogP contribution in [0, 0.1) is 0 Å². The van der Waals surface area contributed by atoms with Gasteiger partial charge in [-0.05, 0) is 30.4 Å². The SMILES string of the molecule is c1ccc(CO[C@@H]2[C@@H](OC3CCCCO3)[C@@H]3OC[C@@H](O3)[C@H]2OCc2ccccc2)cc1. The van der Waals surface area contributed by atoms with Crippen molar-refractivity contribution in [1.29, 1.82) is 0 Å². The third-order valence-corrected chi connectivity index (χ3v) is 6.03. The molecule has 31 heavy (non-hydrogen) atoms. The van der Waals surface area contributed by atoms with Gasteiger partial charge in [-0.15, -0.1) is 0 Å². The lowest BCUT2D eigenvalue weighted by atomic mass is 9.99. The van der Waals surface area contributed by atoms with Gasteiger partial charge in [0.25, 0.3) is 0 Å². The van der Waals surface area contributed by atoms with Crippen molar-refractivity contribution in [2.24, 2.45) is 0 Å². The van der Waals surface area contributed by atoms with Gasteiger partial charge in [0.15, 0.2) is 12.6 Å². The molecule has 0 aliphatic carbocycles. The third-order valence-electron chi connectivity index (χ3n) is 6.03. The molecule has 5 rings (SSSR count). The molecule has 2 aromatic rings. The molecular formula is C25H30O6. The zero-order valence-corrected chi connectivity index (χ0v) is 17.6. The van der Waals surface area contributed by atoms with E-state index in [4.69, 9.17) is 28.4 Å². The monoisotopic (exact) mass is 426 g/mol. The van der Waals surface area contributed by atoms with Crippen molar-refractivity contribution >= 4 is 0 Å². The highest BCUT2D eigenvalue weighted by molar-refractivity contribution is 5.14. The van der Waals surface area contributed by atoms with Crippen LogP contribution in [-0.4, -0.2) is 50.2 Å². The zero-order valence-electron chi connectivity index (χ0n) is 17.6. The summed E-state index contributed by atoms with van der Waals surface area (Å²) in [7, 11) is 0. The Morgan fingerprint density at radius 1 is 0.742 bits per heavy atom. The Morgan fingerprint density at radius 3 is 2.06 bits per heavy atom. The molecule has 6 heteroatoms. The molecule has 2 aromatic carbocycles. The van der Waals surface area contributed by atoms with Crippen LogP contribution in [-0.2, 0) is 41.6 Å². The first kappa shape index (κ1) is 21.1. The van der Waals surface area contributed by atoms with Gasteiger partial charge < -0.3 is 28.4 Å². The lowest BCUT2D eigenvalue weighted by Gasteiger charge is -2.42. The van der Waals surface area contributed by atoms with E-state index in [-0.39, 0.29) is 24.6 Å². The van der Waals surface area contributed by atoms with E-state index in [2.05, 4.69) is 24.3 Å². The van der Waals surface area contributed by atoms with E-state index in [0.717, 1.165) is 37.0 Å². The van der Waals surface area contributed by atoms with Gasteiger partial charge in [0.2, 0.25) is 0 Å². The molecule has 3 saturated heterocycles. The van der Waals surface area contributed by atoms with E-state index in [1.807, 2.05) is 36.4 Å². The Balaban J connectivity index is 1.33. The molecule has 0 saturated carbocycles. The smallest absolute Gasteiger partial charge is 0.187 e. The number of benzene rings is 2. The molecule has 3 aliphatic rings. The lowest BCUT2D eigenvalue weighted by molar-refractivity contribution is -0.305. The average molecular weight is 427 g/mol. The summed E-state index contributed by atoms with van der Waals surface area (Å²) >= 11 is 0. The van der Waals surface area contributed by atoms with Gasteiger partial charge in [-0.3, -0.25) is 0 Å². The van der Waals surface area contributed by atoms with Gasteiger partial charge >= 0.3 is 0 Å². The van der Waals surface area contributed by atoms with Gasteiger partial charge in [0, 0.05) is 6.61 Å². The highest BCUT2D eigenvalue weighted by Gasteiger charge is 2.53. The van der Waals surface area contributed by atoms with Gasteiger partial charge in [0.1, 0.15) is 24.4 Å². The van der Waals surface area contributed by atoms with Crippen molar-refractivity contribution in [1.82, 2.24) is 0 Å². The number of fused-ring (bicyclic) bond motifs is 2. The van der Waals surface area contributed by atoms with Crippen LogP contribution in [0.3, 0.4) is 0 Å². The first-order valence-corrected chi connectivity index (χ1v) is 11.2. The summed E-state index contributed by atoms with van der Waals surface area (Å²) in [5.74, 6) is 0. The molecule has 1 unspecified atom stereocenters. The summed E-state index contributed by atoms with van der Waals surface area (Å²) in [5, 5.41) is 0. The van der Waals surface area contributed by atoms with E-state index >= 15 is 0 Å². The highest BCUT2D eigenvalue weighted by Crippen LogP contribution is 2.36. The topological polar surface area (TPSA) is 55.4 Å². The summed E-state index contributed by atoms with van der Waals surface area (Å²) < 4.78 is 37.1. The predicted octanol–water partition coefficient (Wildman–Crippen LogP) is 3.82. The summed E-state index contributed by atoms with van der Waals surface area (Å²) in [5.41, 5.74) is 2.22. The molecule has 0 N–H and O–H groups in total. The van der Waals surface area contributed by atoms with Gasteiger partial charge in [-0.25, -0.2) is 0 Å². The van der Waals surface area contributed by atoms with Gasteiger partial charge in [-0.1, -0.05) is 60.7 Å². The van der Waals surface area contributed by atoms with E-state index in [1.54, 1.807) is 0 Å². The minimum Gasteiger partial charge on any atom is -0.368 e. The van der Waals surface area contributed by atoms with Crippen LogP contribution in [0.2, 0.25) is 0 Å². The molecular weight excluding hydrogens is 396 g/mol. The number of ether oxygens (including phenoxy) is 6. The maximum absolute atomic E-state index is 6.44. The number of rotatable bonds is 8. The maximum Gasteiger partial charge on any atom is 0.187 e. The second kappa shape index (κ2) is 10.2. The fraction of sp³-hybridized carbons (Fsp3) is 0.520. The van der Waals surface area contributed by atoms with E-state index < -0.39 is 12.4 Å². The molecule has 0 aromatic heterocycles. The molecule has 3 heterocycles. The second-order valence-electron chi connectivity index (χ2n) is 8.30. The van der Waals surface area contributed by atoms with Crippen molar-refractivity contribution in [2.75, 3.05) is 13.2 Å². The first-order chi connectivity index (χ1) is 15.4. The first-order valence-electron chi connectivity index (χ1n) is 11.2. The molecule has 0 amide bonds. The van der Waals surface area contributed by atoms with Crippen molar-refractivity contribution in [3.05, 3.63) is 71.8 Å². The van der Waals surface area contributed by atoms with Crippen molar-refractivity contribution in [2.45, 2.75) is 69.5 Å². The van der Waals surface area contributed by atoms with Crippen LogP contribution in [0.25, 0.3) is 0 Å². The summed E-state index contributed by atoms with van der Waals surface area (Å²) in [6.45, 7) is 2.14. The molecule has 6 nitrogen and oxygen atoms in total. The molecule has 3 aliphatic heterocycles. The van der Waals surface area contributed by atoms with Crippen molar-refractivity contribution < 1.29 is 28.4 Å². The highest BCUT2D eigenvalue weighted by atomic mass is 16.8. The van der Waals surface area contributed by atoms with E-state index in [1.165, 1.54) is 0 Å². The van der Waals surface area contributed by atoms with E-state index in [0.29, 0.717) is 19.8 Å². The largest absolute Gasteiger partial charge is 0.368 e. The number of hydrogen-bond acceptors (Lipinski definition) is 6. The Kier molecular flexibility index (Phi) is 6.94. The van der Waals surface area contributed by atoms with Crippen molar-refractivity contribution in [3.63, 3.8) is 0 Å². The summed E-state index contributed by atoms with van der Waals surface area (Å²) in [4.78, 5) is 0. The van der Waals surface area contributed by atoms with Crippen LogP contribution in [0.5, 0.6) is 0 Å². The van der Waals surface area contributed by atoms with E-state index in [9.17, 15) is 0 Å². The van der Waals surface area contributed by atoms with Crippen LogP contribution in [0.4, 0.5) is 0 Å². The van der Waals surface area contributed by atoms with Crippen LogP contribution in [0.1, 0.15) is 30.4 Å². The molecule has 2 bridgehead atoms. The zero-order chi connectivity index (χ0) is 20.9. The Labute approximate surface area is 183 Å². The Morgan fingerprint density at radius 2 is 1.42 bits per heavy atom. The molecule has 0 radical (unpaired) electrons. The molecule has 6 atom stereocenters. The number of hydrogen-bond donors (Lipinski definition) is 0. The minimum absolute atomic E-state index is 0.179. The quantitative estimate of drug-likeness (QED) is 0.640. The maximum atomic E-state index is 6.44. The lowest BCUT2D eigenvalue weighted by Crippen LogP contribution is -2.58. The fourth-order valence-electron chi connectivity index (χ4n) is 4.40. The van der Waals surface area contributed by atoms with Crippen molar-refractivity contribution in [3.8, 4) is 0 Å². The summed E-state index contributed by atoms with van der Waals surface area (Å²) in [6, 6.07) is 20.3. The molecule has 166 valence electrons. The standard InChI is InChI=1S/C25H30O6/c1-3-9-18(10-4-1)15-27-22-20-17-29-25(30-20)24(31-21-13-7-8-14-26-21)23(22)28-16-19-11-5-2-6-12-19/h1-6,9-12,20-25H,7-8,13-17H2/t20-,21?,22-,23+,24-,25-/m1/s1. The Bertz CT molecular complexity index is 794. The molecule has 3 fully saturated rings. The van der Waals surface area contributed by atoms with Gasteiger partial charge in [-0.2, -0.15) is 0 Å². The van der Waals surface area contributed by atoms with Gasteiger partial charge in [0.05, 0.1) is 19.8 Å². The molecule has 0 spiro atoms.